The second kappa shape index (κ2) is 5.95. The van der Waals surface area contributed by atoms with Crippen LogP contribution < -0.4 is 0 Å². The van der Waals surface area contributed by atoms with Crippen LogP contribution in [0.2, 0.25) is 0 Å². The van der Waals surface area contributed by atoms with Gasteiger partial charge in [0.25, 0.3) is 0 Å². The van der Waals surface area contributed by atoms with Gasteiger partial charge in [-0.15, -0.1) is 0 Å². The molecule has 2 aromatic heterocycles. The van der Waals surface area contributed by atoms with Gasteiger partial charge >= 0.3 is 0 Å². The second-order valence-electron chi connectivity index (χ2n) is 3.20. The van der Waals surface area contributed by atoms with Gasteiger partial charge in [-0.25, -0.2) is 23.6 Å². The van der Waals surface area contributed by atoms with Gasteiger partial charge in [0.2, 0.25) is 10.3 Å². The predicted molar refractivity (Wildman–Crippen MR) is 66.3 cm³/mol. The van der Waals surface area contributed by atoms with Crippen molar-refractivity contribution in [2.45, 2.75) is 24.2 Å². The van der Waals surface area contributed by atoms with Crippen LogP contribution in [0.1, 0.15) is 11.4 Å². The summed E-state index contributed by atoms with van der Waals surface area (Å²) >= 11 is 2.19. The monoisotopic (exact) mass is 266 g/mol. The average molecular weight is 266 g/mol. The molecule has 0 N–H and O–H groups in total. The molecule has 0 bridgehead atoms. The van der Waals surface area contributed by atoms with E-state index in [4.69, 9.17) is 3.63 Å². The van der Waals surface area contributed by atoms with E-state index in [1.165, 1.54) is 0 Å². The highest BCUT2D eigenvalue weighted by atomic mass is 32.2. The molecule has 17 heavy (non-hydrogen) atoms. The third-order valence-electron chi connectivity index (χ3n) is 1.76. The maximum atomic E-state index is 5.30. The molecule has 0 fully saturated rings. The van der Waals surface area contributed by atoms with Crippen molar-refractivity contribution in [3.8, 4) is 0 Å². The highest BCUT2D eigenvalue weighted by Crippen LogP contribution is 2.25. The molecule has 2 rings (SSSR count). The average Bonchev–Trinajstić information content (AvgIpc) is 2.29. The van der Waals surface area contributed by atoms with E-state index >= 15 is 0 Å². The fourth-order valence-electron chi connectivity index (χ4n) is 1.01. The molecule has 0 atom stereocenters. The fourth-order valence-corrected chi connectivity index (χ4v) is 2.20. The molecule has 0 aliphatic carbocycles. The molecule has 0 amide bonds. The number of hydrogen-bond acceptors (Lipinski definition) is 7. The van der Waals surface area contributed by atoms with E-state index in [2.05, 4.69) is 19.9 Å². The summed E-state index contributed by atoms with van der Waals surface area (Å²) in [6.07, 6.45) is 3.39. The number of aryl methyl sites for hydroxylation is 2. The van der Waals surface area contributed by atoms with Crippen molar-refractivity contribution in [3.63, 3.8) is 0 Å². The first-order valence-corrected chi connectivity index (χ1v) is 6.33. The number of nitrogens with zero attached hydrogens (tertiary/aromatic N) is 4. The Morgan fingerprint density at radius 1 is 0.882 bits per heavy atom. The van der Waals surface area contributed by atoms with E-state index < -0.39 is 0 Å². The number of hydrogen-bond donors (Lipinski definition) is 0. The summed E-state index contributed by atoms with van der Waals surface area (Å²) < 4.78 is 5.30. The van der Waals surface area contributed by atoms with Crippen LogP contribution in [0.4, 0.5) is 0 Å². The summed E-state index contributed by atoms with van der Waals surface area (Å²) in [6.45, 7) is 3.81. The van der Waals surface area contributed by atoms with Crippen molar-refractivity contribution in [1.29, 1.82) is 0 Å². The number of rotatable bonds is 4. The van der Waals surface area contributed by atoms with E-state index in [1.54, 1.807) is 12.4 Å². The van der Waals surface area contributed by atoms with Gasteiger partial charge in [-0.3, -0.25) is 0 Å². The molecule has 5 nitrogen and oxygen atoms in total. The Morgan fingerprint density at radius 2 is 1.35 bits per heavy atom. The largest absolute Gasteiger partial charge is 0.231 e. The van der Waals surface area contributed by atoms with E-state index in [1.807, 2.05) is 26.0 Å². The van der Waals surface area contributed by atoms with E-state index in [0.29, 0.717) is 10.3 Å². The van der Waals surface area contributed by atoms with E-state index in [0.717, 1.165) is 35.5 Å². The zero-order valence-electron chi connectivity index (χ0n) is 9.32. The normalized spacial score (nSPS) is 10.5. The lowest BCUT2D eigenvalue weighted by Gasteiger charge is -2.00. The molecule has 7 heteroatoms. The standard InChI is InChI=1S/C10H10N4OS2/c1-7-3-5-11-9(13-7)16-15-17-10-12-6-4-8(2)14-10/h3-6H,1-2H3. The molecule has 0 aliphatic heterocycles. The topological polar surface area (TPSA) is 60.8 Å². The molecule has 0 spiro atoms. The van der Waals surface area contributed by atoms with Gasteiger partial charge < -0.3 is 0 Å². The van der Waals surface area contributed by atoms with Crippen LogP contribution in [0, 0.1) is 13.8 Å². The van der Waals surface area contributed by atoms with Gasteiger partial charge in [0.15, 0.2) is 0 Å². The van der Waals surface area contributed by atoms with Crippen LogP contribution in [0.5, 0.6) is 0 Å². The molecule has 2 heterocycles. The van der Waals surface area contributed by atoms with Crippen molar-refractivity contribution >= 4 is 24.1 Å². The van der Waals surface area contributed by atoms with Crippen LogP contribution >= 0.6 is 24.1 Å². The molecule has 0 aromatic carbocycles. The first-order chi connectivity index (χ1) is 8.24. The zero-order valence-corrected chi connectivity index (χ0v) is 11.0. The molecular formula is C10H10N4OS2. The second-order valence-corrected chi connectivity index (χ2v) is 4.80. The fraction of sp³-hybridized carbons (Fsp3) is 0.200. The minimum atomic E-state index is 0.574. The lowest BCUT2D eigenvalue weighted by atomic mass is 10.5. The first kappa shape index (κ1) is 12.3. The summed E-state index contributed by atoms with van der Waals surface area (Å²) in [7, 11) is 0. The van der Waals surface area contributed by atoms with Crippen molar-refractivity contribution in [1.82, 2.24) is 19.9 Å². The van der Waals surface area contributed by atoms with Gasteiger partial charge in [0.1, 0.15) is 0 Å². The zero-order chi connectivity index (χ0) is 12.1. The van der Waals surface area contributed by atoms with Crippen LogP contribution in [0.3, 0.4) is 0 Å². The Bertz CT molecular complexity index is 464. The van der Waals surface area contributed by atoms with Crippen molar-refractivity contribution in [3.05, 3.63) is 35.9 Å². The quantitative estimate of drug-likeness (QED) is 0.622. The molecular weight excluding hydrogens is 256 g/mol. The van der Waals surface area contributed by atoms with Crippen molar-refractivity contribution in [2.24, 2.45) is 0 Å². The predicted octanol–water partition coefficient (Wildman–Crippen LogP) is 2.61. The lowest BCUT2D eigenvalue weighted by Crippen LogP contribution is -1.89. The lowest BCUT2D eigenvalue weighted by molar-refractivity contribution is 0.725. The Labute approximate surface area is 108 Å². The van der Waals surface area contributed by atoms with Gasteiger partial charge in [0.05, 0.1) is 24.1 Å². The summed E-state index contributed by atoms with van der Waals surface area (Å²) in [5.74, 6) is 0. The van der Waals surface area contributed by atoms with Crippen LogP contribution in [-0.4, -0.2) is 19.9 Å². The first-order valence-electron chi connectivity index (χ1n) is 4.84. The van der Waals surface area contributed by atoms with Crippen molar-refractivity contribution < 1.29 is 3.63 Å². The minimum absolute atomic E-state index is 0.574. The highest BCUT2D eigenvalue weighted by molar-refractivity contribution is 8.07. The van der Waals surface area contributed by atoms with Gasteiger partial charge in [0, 0.05) is 23.8 Å². The van der Waals surface area contributed by atoms with Crippen LogP contribution in [0.25, 0.3) is 0 Å². The van der Waals surface area contributed by atoms with E-state index in [-0.39, 0.29) is 0 Å². The maximum absolute atomic E-state index is 5.30. The molecule has 0 radical (unpaired) electrons. The Hall–Kier alpha value is -1.18. The number of aromatic nitrogens is 4. The van der Waals surface area contributed by atoms with Crippen molar-refractivity contribution in [2.75, 3.05) is 0 Å². The van der Waals surface area contributed by atoms with Crippen LogP contribution in [-0.2, 0) is 3.63 Å². The van der Waals surface area contributed by atoms with Crippen LogP contribution in [0.15, 0.2) is 34.8 Å². The summed E-state index contributed by atoms with van der Waals surface area (Å²) in [6, 6.07) is 3.67. The molecule has 0 unspecified atom stereocenters. The Morgan fingerprint density at radius 3 is 1.76 bits per heavy atom. The van der Waals surface area contributed by atoms with Gasteiger partial charge in [-0.05, 0) is 26.0 Å². The van der Waals surface area contributed by atoms with Gasteiger partial charge in [-0.1, -0.05) is 0 Å². The summed E-state index contributed by atoms with van der Waals surface area (Å²) in [5, 5.41) is 1.15. The minimum Gasteiger partial charge on any atom is -0.231 e. The Kier molecular flexibility index (Phi) is 4.29. The van der Waals surface area contributed by atoms with Gasteiger partial charge in [-0.2, -0.15) is 0 Å². The molecule has 0 saturated heterocycles. The highest BCUT2D eigenvalue weighted by Gasteiger charge is 2.03. The molecule has 0 saturated carbocycles. The summed E-state index contributed by atoms with van der Waals surface area (Å²) in [4.78, 5) is 16.5. The maximum Gasteiger partial charge on any atom is 0.216 e. The third kappa shape index (κ3) is 3.95. The Balaban J connectivity index is 1.87. The summed E-state index contributed by atoms with van der Waals surface area (Å²) in [5.41, 5.74) is 1.81. The molecule has 0 aliphatic rings. The van der Waals surface area contributed by atoms with E-state index in [9.17, 15) is 0 Å². The SMILES string of the molecule is Cc1ccnc(SOSc2nccc(C)n2)n1. The molecule has 2 aromatic rings. The smallest absolute Gasteiger partial charge is 0.216 e. The third-order valence-corrected chi connectivity index (χ3v) is 3.00. The molecule has 88 valence electrons.